The summed E-state index contributed by atoms with van der Waals surface area (Å²) >= 11 is 0. The summed E-state index contributed by atoms with van der Waals surface area (Å²) in [5.41, 5.74) is -0.0733. The Kier molecular flexibility index (Phi) is 3.52. The maximum absolute atomic E-state index is 11.6. The first-order chi connectivity index (χ1) is 8.60. The smallest absolute Gasteiger partial charge is 0.312 e. The molecule has 5 nitrogen and oxygen atoms in total. The summed E-state index contributed by atoms with van der Waals surface area (Å²) in [7, 11) is 1.54. The van der Waals surface area contributed by atoms with Gasteiger partial charge in [-0.25, -0.2) is 4.98 Å². The number of carboxylic acid groups (broad SMARTS) is 1. The molecule has 1 fully saturated rings. The molecule has 0 spiro atoms. The van der Waals surface area contributed by atoms with Gasteiger partial charge in [-0.05, 0) is 25.8 Å². The van der Waals surface area contributed by atoms with E-state index in [-0.39, 0.29) is 6.10 Å². The standard InChI is InChI=1S/C13H17NO4/c1-9-13(12(15)16,5-7-18-9)8-10-4-3-6-14-11(10)17-2/h3-4,6,9H,5,7-8H2,1-2H3,(H,15,16). The van der Waals surface area contributed by atoms with Crippen LogP contribution < -0.4 is 4.74 Å². The molecule has 1 aromatic rings. The Morgan fingerprint density at radius 2 is 2.50 bits per heavy atom. The second-order valence-corrected chi connectivity index (χ2v) is 4.57. The summed E-state index contributed by atoms with van der Waals surface area (Å²) in [6.45, 7) is 2.29. The molecule has 1 N–H and O–H groups in total. The van der Waals surface area contributed by atoms with Gasteiger partial charge in [0.15, 0.2) is 0 Å². The van der Waals surface area contributed by atoms with Crippen molar-refractivity contribution in [2.75, 3.05) is 13.7 Å². The Morgan fingerprint density at radius 3 is 3.06 bits per heavy atom. The van der Waals surface area contributed by atoms with Gasteiger partial charge in [0.1, 0.15) is 0 Å². The van der Waals surface area contributed by atoms with Crippen molar-refractivity contribution in [2.45, 2.75) is 25.9 Å². The number of ether oxygens (including phenoxy) is 2. The van der Waals surface area contributed by atoms with Crippen molar-refractivity contribution in [1.82, 2.24) is 4.98 Å². The molecule has 98 valence electrons. The third-order valence-electron chi connectivity index (χ3n) is 3.67. The van der Waals surface area contributed by atoms with E-state index in [1.807, 2.05) is 13.0 Å². The first kappa shape index (κ1) is 12.8. The fourth-order valence-electron chi connectivity index (χ4n) is 2.45. The molecule has 1 aromatic heterocycles. The first-order valence-corrected chi connectivity index (χ1v) is 5.93. The zero-order valence-electron chi connectivity index (χ0n) is 10.5. The maximum Gasteiger partial charge on any atom is 0.312 e. The summed E-state index contributed by atoms with van der Waals surface area (Å²) in [6.07, 6.45) is 2.21. The number of pyridine rings is 1. The lowest BCUT2D eigenvalue weighted by atomic mass is 9.76. The van der Waals surface area contributed by atoms with Crippen molar-refractivity contribution < 1.29 is 19.4 Å². The molecule has 0 bridgehead atoms. The quantitative estimate of drug-likeness (QED) is 0.878. The normalized spacial score (nSPS) is 27.1. The van der Waals surface area contributed by atoms with Crippen molar-refractivity contribution in [3.8, 4) is 5.88 Å². The molecule has 1 aliphatic rings. The average Bonchev–Trinajstić information content (AvgIpc) is 2.73. The van der Waals surface area contributed by atoms with Gasteiger partial charge in [-0.3, -0.25) is 4.79 Å². The predicted molar refractivity (Wildman–Crippen MR) is 64.6 cm³/mol. The van der Waals surface area contributed by atoms with E-state index in [9.17, 15) is 9.90 Å². The monoisotopic (exact) mass is 251 g/mol. The lowest BCUT2D eigenvalue weighted by molar-refractivity contribution is -0.151. The Balaban J connectivity index is 2.32. The largest absolute Gasteiger partial charge is 0.481 e. The second-order valence-electron chi connectivity index (χ2n) is 4.57. The van der Waals surface area contributed by atoms with Crippen LogP contribution in [0.3, 0.4) is 0 Å². The number of hydrogen-bond acceptors (Lipinski definition) is 4. The minimum atomic E-state index is -0.879. The number of rotatable bonds is 4. The second kappa shape index (κ2) is 4.94. The molecule has 2 unspecified atom stereocenters. The molecule has 18 heavy (non-hydrogen) atoms. The highest BCUT2D eigenvalue weighted by atomic mass is 16.5. The maximum atomic E-state index is 11.6. The SMILES string of the molecule is COc1ncccc1CC1(C(=O)O)CCOC1C. The highest BCUT2D eigenvalue weighted by molar-refractivity contribution is 5.76. The number of hydrogen-bond donors (Lipinski definition) is 1. The van der Waals surface area contributed by atoms with Gasteiger partial charge in [0.05, 0.1) is 18.6 Å². The van der Waals surface area contributed by atoms with E-state index in [4.69, 9.17) is 9.47 Å². The van der Waals surface area contributed by atoms with E-state index in [2.05, 4.69) is 4.98 Å². The van der Waals surface area contributed by atoms with Gasteiger partial charge in [0.25, 0.3) is 0 Å². The molecule has 5 heteroatoms. The minimum Gasteiger partial charge on any atom is -0.481 e. The van der Waals surface area contributed by atoms with Gasteiger partial charge in [0.2, 0.25) is 5.88 Å². The van der Waals surface area contributed by atoms with Crippen LogP contribution in [0.25, 0.3) is 0 Å². The Labute approximate surface area is 106 Å². The highest BCUT2D eigenvalue weighted by Crippen LogP contribution is 2.39. The van der Waals surface area contributed by atoms with Gasteiger partial charge >= 0.3 is 5.97 Å². The lowest BCUT2D eigenvalue weighted by Crippen LogP contribution is -2.39. The first-order valence-electron chi connectivity index (χ1n) is 5.93. The van der Waals surface area contributed by atoms with Gasteiger partial charge < -0.3 is 14.6 Å². The van der Waals surface area contributed by atoms with Crippen molar-refractivity contribution in [1.29, 1.82) is 0 Å². The molecular weight excluding hydrogens is 234 g/mol. The molecule has 2 atom stereocenters. The van der Waals surface area contributed by atoms with Crippen LogP contribution in [0.15, 0.2) is 18.3 Å². The minimum absolute atomic E-state index is 0.306. The van der Waals surface area contributed by atoms with E-state index in [1.54, 1.807) is 12.3 Å². The van der Waals surface area contributed by atoms with Gasteiger partial charge in [-0.2, -0.15) is 0 Å². The number of carboxylic acids is 1. The van der Waals surface area contributed by atoms with Crippen LogP contribution in [-0.4, -0.2) is 35.9 Å². The van der Waals surface area contributed by atoms with Crippen LogP contribution >= 0.6 is 0 Å². The van der Waals surface area contributed by atoms with Gasteiger partial charge in [-0.1, -0.05) is 6.07 Å². The molecule has 1 aliphatic heterocycles. The van der Waals surface area contributed by atoms with Crippen molar-refractivity contribution in [2.24, 2.45) is 5.41 Å². The molecule has 1 saturated heterocycles. The van der Waals surface area contributed by atoms with Crippen LogP contribution in [0.2, 0.25) is 0 Å². The van der Waals surface area contributed by atoms with E-state index < -0.39 is 11.4 Å². The van der Waals surface area contributed by atoms with E-state index in [0.29, 0.717) is 25.3 Å². The Morgan fingerprint density at radius 1 is 1.72 bits per heavy atom. The van der Waals surface area contributed by atoms with Crippen LogP contribution in [0.5, 0.6) is 5.88 Å². The summed E-state index contributed by atoms with van der Waals surface area (Å²) in [6, 6.07) is 3.63. The molecule has 0 radical (unpaired) electrons. The summed E-state index contributed by atoms with van der Waals surface area (Å²) in [5, 5.41) is 9.52. The van der Waals surface area contributed by atoms with Gasteiger partial charge in [0, 0.05) is 18.4 Å². The predicted octanol–water partition coefficient (Wildman–Crippen LogP) is 1.51. The number of methoxy groups -OCH3 is 1. The summed E-state index contributed by atoms with van der Waals surface area (Å²) in [4.78, 5) is 15.7. The Bertz CT molecular complexity index is 448. The fraction of sp³-hybridized carbons (Fsp3) is 0.538. The van der Waals surface area contributed by atoms with Crippen LogP contribution in [0.1, 0.15) is 18.9 Å². The molecule has 0 aromatic carbocycles. The topological polar surface area (TPSA) is 68.7 Å². The van der Waals surface area contributed by atoms with Crippen molar-refractivity contribution >= 4 is 5.97 Å². The van der Waals surface area contributed by atoms with Crippen molar-refractivity contribution in [3.63, 3.8) is 0 Å². The van der Waals surface area contributed by atoms with E-state index in [1.165, 1.54) is 7.11 Å². The molecule has 2 heterocycles. The zero-order valence-corrected chi connectivity index (χ0v) is 10.5. The average molecular weight is 251 g/mol. The zero-order chi connectivity index (χ0) is 13.2. The molecule has 0 amide bonds. The number of nitrogens with zero attached hydrogens (tertiary/aromatic N) is 1. The number of aromatic nitrogens is 1. The van der Waals surface area contributed by atoms with Gasteiger partial charge in [-0.15, -0.1) is 0 Å². The molecular formula is C13H17NO4. The number of aliphatic carboxylic acids is 1. The highest BCUT2D eigenvalue weighted by Gasteiger charge is 2.48. The summed E-state index contributed by atoms with van der Waals surface area (Å²) in [5.74, 6) is -0.337. The van der Waals surface area contributed by atoms with E-state index in [0.717, 1.165) is 5.56 Å². The third-order valence-corrected chi connectivity index (χ3v) is 3.67. The Hall–Kier alpha value is -1.62. The van der Waals surface area contributed by atoms with Crippen LogP contribution in [-0.2, 0) is 16.0 Å². The number of carbonyl (C=O) groups is 1. The summed E-state index contributed by atoms with van der Waals surface area (Å²) < 4.78 is 10.6. The van der Waals surface area contributed by atoms with Crippen molar-refractivity contribution in [3.05, 3.63) is 23.9 Å². The third kappa shape index (κ3) is 2.06. The molecule has 0 saturated carbocycles. The van der Waals surface area contributed by atoms with Crippen LogP contribution in [0.4, 0.5) is 0 Å². The van der Waals surface area contributed by atoms with Crippen LogP contribution in [0, 0.1) is 5.41 Å². The van der Waals surface area contributed by atoms with E-state index >= 15 is 0 Å². The molecule has 0 aliphatic carbocycles. The lowest BCUT2D eigenvalue weighted by Gasteiger charge is -2.27. The fourth-order valence-corrected chi connectivity index (χ4v) is 2.45. The molecule has 2 rings (SSSR count).